The molecule has 0 bridgehead atoms. The number of nitrogens with two attached hydrogens (primary N) is 1. The molecule has 19 heavy (non-hydrogen) atoms. The maximum atomic E-state index is 14.0. The van der Waals surface area contributed by atoms with Crippen molar-refractivity contribution in [3.8, 4) is 22.4 Å². The van der Waals surface area contributed by atoms with Crippen LogP contribution in [0.5, 0.6) is 0 Å². The van der Waals surface area contributed by atoms with Crippen LogP contribution >= 0.6 is 11.6 Å². The van der Waals surface area contributed by atoms with Crippen LogP contribution in [0, 0.1) is 5.82 Å². The molecule has 2 N–H and O–H groups in total. The summed E-state index contributed by atoms with van der Waals surface area (Å²) in [5.74, 6) is -0.490. The van der Waals surface area contributed by atoms with E-state index in [0.717, 1.165) is 0 Å². The highest BCUT2D eigenvalue weighted by Crippen LogP contribution is 2.40. The molecule has 0 spiro atoms. The minimum atomic E-state index is -0.493. The molecule has 0 saturated carbocycles. The summed E-state index contributed by atoms with van der Waals surface area (Å²) in [5, 5.41) is 4.07. The van der Waals surface area contributed by atoms with Gasteiger partial charge in [-0.1, -0.05) is 22.8 Å². The van der Waals surface area contributed by atoms with Gasteiger partial charge < -0.3 is 14.7 Å². The van der Waals surface area contributed by atoms with E-state index >= 15 is 0 Å². The van der Waals surface area contributed by atoms with Gasteiger partial charge in [0.2, 0.25) is 5.88 Å². The molecule has 96 valence electrons. The number of hydrogen-bond donors (Lipinski definition) is 1. The van der Waals surface area contributed by atoms with E-state index in [2.05, 4.69) is 5.16 Å². The normalized spacial score (nSPS) is 10.8. The summed E-state index contributed by atoms with van der Waals surface area (Å²) >= 11 is 6.04. The van der Waals surface area contributed by atoms with Crippen molar-refractivity contribution in [2.45, 2.75) is 0 Å². The lowest BCUT2D eigenvalue weighted by atomic mass is 10.0. The van der Waals surface area contributed by atoms with Gasteiger partial charge in [0, 0.05) is 11.1 Å². The first-order chi connectivity index (χ1) is 9.18. The molecule has 0 aliphatic heterocycles. The number of halogens is 2. The fraction of sp³-hybridized carbons (Fsp3) is 0. The van der Waals surface area contributed by atoms with E-state index in [4.69, 9.17) is 26.3 Å². The van der Waals surface area contributed by atoms with Gasteiger partial charge in [0.05, 0.1) is 23.1 Å². The minimum absolute atomic E-state index is 0.00296. The topological polar surface area (TPSA) is 65.2 Å². The Labute approximate surface area is 112 Å². The summed E-state index contributed by atoms with van der Waals surface area (Å²) in [5.41, 5.74) is 7.24. The smallest absolute Gasteiger partial charge is 0.230 e. The second-order valence-corrected chi connectivity index (χ2v) is 4.29. The lowest BCUT2D eigenvalue weighted by Crippen LogP contribution is -1.91. The van der Waals surface area contributed by atoms with Crippen LogP contribution in [0.15, 0.2) is 45.7 Å². The van der Waals surface area contributed by atoms with Crippen molar-refractivity contribution >= 4 is 17.5 Å². The van der Waals surface area contributed by atoms with Crippen LogP contribution in [0.4, 0.5) is 10.3 Å². The summed E-state index contributed by atoms with van der Waals surface area (Å²) in [6, 6.07) is 6.07. The van der Waals surface area contributed by atoms with Gasteiger partial charge in [-0.3, -0.25) is 0 Å². The van der Waals surface area contributed by atoms with Crippen molar-refractivity contribution in [1.29, 1.82) is 0 Å². The average Bonchev–Trinajstić information content (AvgIpc) is 2.99. The number of benzene rings is 1. The Morgan fingerprint density at radius 2 is 2.05 bits per heavy atom. The zero-order valence-corrected chi connectivity index (χ0v) is 10.3. The minimum Gasteiger partial charge on any atom is -0.472 e. The SMILES string of the molecule is Nc1onc(-c2ccoc2)c1-c1c(F)cccc1Cl. The van der Waals surface area contributed by atoms with Crippen LogP contribution in [0.25, 0.3) is 22.4 Å². The highest BCUT2D eigenvalue weighted by atomic mass is 35.5. The molecule has 0 aliphatic carbocycles. The molecule has 0 saturated heterocycles. The van der Waals surface area contributed by atoms with E-state index in [1.807, 2.05) is 0 Å². The van der Waals surface area contributed by atoms with E-state index in [1.54, 1.807) is 12.1 Å². The van der Waals surface area contributed by atoms with E-state index in [9.17, 15) is 4.39 Å². The van der Waals surface area contributed by atoms with Crippen LogP contribution in [0.3, 0.4) is 0 Å². The fourth-order valence-corrected chi connectivity index (χ4v) is 2.13. The van der Waals surface area contributed by atoms with E-state index in [1.165, 1.54) is 24.7 Å². The molecule has 0 radical (unpaired) electrons. The van der Waals surface area contributed by atoms with Crippen molar-refractivity contribution in [2.24, 2.45) is 0 Å². The third-order valence-electron chi connectivity index (χ3n) is 2.73. The van der Waals surface area contributed by atoms with Gasteiger partial charge in [-0.05, 0) is 18.2 Å². The standard InChI is InChI=1S/C13H8ClFN2O2/c14-8-2-1-3-9(15)10(8)11-12(17-19-13(11)16)7-4-5-18-6-7/h1-6H,16H2. The second kappa shape index (κ2) is 4.44. The van der Waals surface area contributed by atoms with Gasteiger partial charge in [-0.2, -0.15) is 0 Å². The number of rotatable bonds is 2. The average molecular weight is 279 g/mol. The molecule has 4 nitrogen and oxygen atoms in total. The first-order valence-electron chi connectivity index (χ1n) is 5.40. The van der Waals surface area contributed by atoms with Crippen LogP contribution in [-0.2, 0) is 0 Å². The number of nitrogens with zero attached hydrogens (tertiary/aromatic N) is 1. The van der Waals surface area contributed by atoms with Crippen molar-refractivity contribution in [1.82, 2.24) is 5.16 Å². The lowest BCUT2D eigenvalue weighted by Gasteiger charge is -2.05. The van der Waals surface area contributed by atoms with Crippen molar-refractivity contribution in [3.63, 3.8) is 0 Å². The predicted molar refractivity (Wildman–Crippen MR) is 69.0 cm³/mol. The predicted octanol–water partition coefficient (Wildman–Crippen LogP) is 3.98. The molecule has 0 fully saturated rings. The number of furan rings is 1. The van der Waals surface area contributed by atoms with Gasteiger partial charge in [-0.15, -0.1) is 0 Å². The molecule has 0 atom stereocenters. The van der Waals surface area contributed by atoms with Crippen LogP contribution in [0.1, 0.15) is 0 Å². The van der Waals surface area contributed by atoms with E-state index in [-0.39, 0.29) is 16.5 Å². The van der Waals surface area contributed by atoms with E-state index in [0.29, 0.717) is 16.8 Å². The second-order valence-electron chi connectivity index (χ2n) is 3.88. The fourth-order valence-electron chi connectivity index (χ4n) is 1.88. The zero-order valence-electron chi connectivity index (χ0n) is 9.56. The quantitative estimate of drug-likeness (QED) is 0.770. The largest absolute Gasteiger partial charge is 0.472 e. The number of hydrogen-bond acceptors (Lipinski definition) is 4. The molecule has 0 aliphatic rings. The molecular formula is C13H8ClFN2O2. The van der Waals surface area contributed by atoms with Gasteiger partial charge in [-0.25, -0.2) is 4.39 Å². The highest BCUT2D eigenvalue weighted by molar-refractivity contribution is 6.33. The number of aromatic nitrogens is 1. The van der Waals surface area contributed by atoms with Gasteiger partial charge in [0.1, 0.15) is 11.5 Å². The third-order valence-corrected chi connectivity index (χ3v) is 3.04. The van der Waals surface area contributed by atoms with Crippen LogP contribution in [0.2, 0.25) is 5.02 Å². The summed E-state index contributed by atoms with van der Waals surface area (Å²) in [7, 11) is 0. The summed E-state index contributed by atoms with van der Waals surface area (Å²) < 4.78 is 23.9. The molecule has 2 heterocycles. The Hall–Kier alpha value is -2.27. The molecule has 2 aromatic heterocycles. The molecular weight excluding hydrogens is 271 g/mol. The van der Waals surface area contributed by atoms with Crippen molar-refractivity contribution in [2.75, 3.05) is 5.73 Å². The maximum Gasteiger partial charge on any atom is 0.230 e. The third kappa shape index (κ3) is 1.88. The first kappa shape index (κ1) is 11.8. The van der Waals surface area contributed by atoms with Crippen molar-refractivity contribution in [3.05, 3.63) is 47.6 Å². The van der Waals surface area contributed by atoms with Gasteiger partial charge in [0.15, 0.2) is 0 Å². The van der Waals surface area contributed by atoms with Gasteiger partial charge >= 0.3 is 0 Å². The Kier molecular flexibility index (Phi) is 2.76. The molecule has 3 rings (SSSR count). The molecule has 1 aromatic carbocycles. The zero-order chi connectivity index (χ0) is 13.4. The summed E-state index contributed by atoms with van der Waals surface area (Å²) in [4.78, 5) is 0. The Balaban J connectivity index is 2.29. The number of anilines is 1. The lowest BCUT2D eigenvalue weighted by molar-refractivity contribution is 0.439. The Morgan fingerprint density at radius 3 is 2.74 bits per heavy atom. The maximum absolute atomic E-state index is 14.0. The van der Waals surface area contributed by atoms with Crippen LogP contribution in [-0.4, -0.2) is 5.16 Å². The number of nitrogen functional groups attached to an aromatic ring is 1. The Bertz CT molecular complexity index is 702. The molecule has 0 unspecified atom stereocenters. The van der Waals surface area contributed by atoms with Crippen molar-refractivity contribution < 1.29 is 13.3 Å². The molecule has 6 heteroatoms. The Morgan fingerprint density at radius 1 is 1.21 bits per heavy atom. The highest BCUT2D eigenvalue weighted by Gasteiger charge is 2.23. The van der Waals surface area contributed by atoms with Crippen LogP contribution < -0.4 is 5.73 Å². The van der Waals surface area contributed by atoms with E-state index < -0.39 is 5.82 Å². The summed E-state index contributed by atoms with van der Waals surface area (Å²) in [6.07, 6.45) is 2.95. The monoisotopic (exact) mass is 278 g/mol. The van der Waals surface area contributed by atoms with Gasteiger partial charge in [0.25, 0.3) is 0 Å². The molecule has 0 amide bonds. The summed E-state index contributed by atoms with van der Waals surface area (Å²) in [6.45, 7) is 0. The molecule has 3 aromatic rings. The first-order valence-corrected chi connectivity index (χ1v) is 5.78.